The normalized spacial score (nSPS) is 14.6. The molecule has 2 amide bonds. The van der Waals surface area contributed by atoms with Crippen molar-refractivity contribution in [3.05, 3.63) is 45.4 Å². The summed E-state index contributed by atoms with van der Waals surface area (Å²) < 4.78 is 8.15. The first-order chi connectivity index (χ1) is 18.2. The van der Waals surface area contributed by atoms with Crippen molar-refractivity contribution in [3.63, 3.8) is 0 Å². The lowest BCUT2D eigenvalue weighted by Gasteiger charge is -2.39. The highest BCUT2D eigenvalue weighted by Crippen LogP contribution is 2.47. The van der Waals surface area contributed by atoms with Gasteiger partial charge in [-0.3, -0.25) is 14.3 Å². The van der Waals surface area contributed by atoms with Crippen molar-refractivity contribution in [2.24, 2.45) is 7.05 Å². The third-order valence-corrected chi connectivity index (χ3v) is 8.06. The lowest BCUT2D eigenvalue weighted by Crippen LogP contribution is -2.42. The van der Waals surface area contributed by atoms with E-state index in [0.717, 1.165) is 67.3 Å². The number of fused-ring (bicyclic) bond motifs is 1. The molecule has 1 aliphatic rings. The quantitative estimate of drug-likeness (QED) is 0.317. The predicted molar refractivity (Wildman–Crippen MR) is 154 cm³/mol. The molecule has 3 aromatic rings. The van der Waals surface area contributed by atoms with E-state index in [-0.39, 0.29) is 11.7 Å². The Bertz CT molecular complexity index is 1270. The number of benzene rings is 1. The number of rotatable bonds is 9. The van der Waals surface area contributed by atoms with Gasteiger partial charge in [-0.15, -0.1) is 0 Å². The number of furan rings is 1. The van der Waals surface area contributed by atoms with Gasteiger partial charge in [0.2, 0.25) is 6.41 Å². The van der Waals surface area contributed by atoms with Crippen LogP contribution in [0, 0.1) is 13.8 Å². The molecule has 208 valence electrons. The van der Waals surface area contributed by atoms with Crippen molar-refractivity contribution < 1.29 is 14.0 Å². The molecule has 0 saturated heterocycles. The lowest BCUT2D eigenvalue weighted by molar-refractivity contribution is -0.105. The number of amides is 2. The SMILES string of the molecule is CC.CNC1(c2c(NC=O)c(Cl)cc3cc(C(=O)N(C)CCCc4c(C)nn(C)c4C)oc23)CCCCC1. The third-order valence-electron chi connectivity index (χ3n) is 7.76. The van der Waals surface area contributed by atoms with E-state index < -0.39 is 5.54 Å². The molecule has 1 fully saturated rings. The second-order valence-corrected chi connectivity index (χ2v) is 10.3. The van der Waals surface area contributed by atoms with Gasteiger partial charge in [0.15, 0.2) is 5.76 Å². The molecular formula is C29H42ClN5O3. The first kappa shape index (κ1) is 29.7. The fraction of sp³-hybridized carbons (Fsp3) is 0.552. The number of hydrogen-bond donors (Lipinski definition) is 2. The average molecular weight is 544 g/mol. The minimum absolute atomic E-state index is 0.181. The van der Waals surface area contributed by atoms with Crippen LogP contribution in [0.2, 0.25) is 5.02 Å². The number of carbonyl (C=O) groups excluding carboxylic acids is 2. The lowest BCUT2D eigenvalue weighted by atomic mass is 9.75. The molecule has 0 bridgehead atoms. The van der Waals surface area contributed by atoms with Crippen molar-refractivity contribution in [1.29, 1.82) is 0 Å². The second kappa shape index (κ2) is 12.8. The monoisotopic (exact) mass is 543 g/mol. The molecule has 2 N–H and O–H groups in total. The molecule has 1 aromatic carbocycles. The summed E-state index contributed by atoms with van der Waals surface area (Å²) >= 11 is 6.64. The Labute approximate surface area is 231 Å². The number of nitrogens with zero attached hydrogens (tertiary/aromatic N) is 3. The summed E-state index contributed by atoms with van der Waals surface area (Å²) in [5.41, 5.74) is 4.99. The zero-order valence-corrected chi connectivity index (χ0v) is 24.6. The Hall–Kier alpha value is -2.84. The minimum atomic E-state index is -0.393. The Kier molecular flexibility index (Phi) is 10.0. The number of hydrogen-bond acceptors (Lipinski definition) is 5. The standard InChI is InChI=1S/C27H36ClN5O3.C2H6/c1-17-20(18(2)33(5)31-17)10-9-13-32(4)26(35)22-15-19-14-21(28)24(30-16-34)23(25(19)36-22)27(29-3)11-7-6-8-12-27;1-2/h14-16,29H,6-13H2,1-5H3,(H,30,34);1-2H3. The summed E-state index contributed by atoms with van der Waals surface area (Å²) in [5, 5.41) is 12.0. The van der Waals surface area contributed by atoms with Crippen LogP contribution in [0.15, 0.2) is 16.5 Å². The molecule has 2 heterocycles. The topological polar surface area (TPSA) is 92.4 Å². The van der Waals surface area contributed by atoms with Crippen LogP contribution in [0.25, 0.3) is 11.0 Å². The van der Waals surface area contributed by atoms with Gasteiger partial charge in [-0.2, -0.15) is 5.10 Å². The number of anilines is 1. The predicted octanol–water partition coefficient (Wildman–Crippen LogP) is 6.11. The first-order valence-corrected chi connectivity index (χ1v) is 14.0. The smallest absolute Gasteiger partial charge is 0.289 e. The van der Waals surface area contributed by atoms with Gasteiger partial charge in [-0.1, -0.05) is 44.7 Å². The molecule has 1 saturated carbocycles. The molecule has 1 aliphatic carbocycles. The summed E-state index contributed by atoms with van der Waals surface area (Å²) in [4.78, 5) is 26.5. The van der Waals surface area contributed by atoms with Crippen LogP contribution < -0.4 is 10.6 Å². The molecule has 9 heteroatoms. The molecule has 4 rings (SSSR count). The van der Waals surface area contributed by atoms with E-state index in [0.29, 0.717) is 29.2 Å². The van der Waals surface area contributed by atoms with E-state index >= 15 is 0 Å². The van der Waals surface area contributed by atoms with Crippen molar-refractivity contribution in [3.8, 4) is 0 Å². The molecule has 0 unspecified atom stereocenters. The molecule has 8 nitrogen and oxygen atoms in total. The Morgan fingerprint density at radius 2 is 1.92 bits per heavy atom. The van der Waals surface area contributed by atoms with E-state index in [1.165, 1.54) is 5.56 Å². The molecule has 38 heavy (non-hydrogen) atoms. The molecule has 0 aliphatic heterocycles. The van der Waals surface area contributed by atoms with Gasteiger partial charge in [-0.05, 0) is 64.3 Å². The van der Waals surface area contributed by atoms with Gasteiger partial charge in [-0.25, -0.2) is 0 Å². The van der Waals surface area contributed by atoms with Gasteiger partial charge in [0.1, 0.15) is 5.58 Å². The molecule has 0 radical (unpaired) electrons. The number of aryl methyl sites for hydroxylation is 2. The summed E-state index contributed by atoms with van der Waals surface area (Å²) in [6.07, 6.45) is 7.37. The number of carbonyl (C=O) groups is 2. The summed E-state index contributed by atoms with van der Waals surface area (Å²) in [6.45, 7) is 8.68. The van der Waals surface area contributed by atoms with Crippen LogP contribution in [0.5, 0.6) is 0 Å². The maximum absolute atomic E-state index is 13.3. The van der Waals surface area contributed by atoms with E-state index in [1.54, 1.807) is 24.1 Å². The largest absolute Gasteiger partial charge is 0.450 e. The van der Waals surface area contributed by atoms with E-state index in [4.69, 9.17) is 16.0 Å². The van der Waals surface area contributed by atoms with Gasteiger partial charge < -0.3 is 20.0 Å². The highest BCUT2D eigenvalue weighted by molar-refractivity contribution is 6.34. The van der Waals surface area contributed by atoms with Crippen molar-refractivity contribution in [2.45, 2.75) is 78.2 Å². The van der Waals surface area contributed by atoms with E-state index in [2.05, 4.69) is 22.7 Å². The molecular weight excluding hydrogens is 502 g/mol. The summed E-state index contributed by atoms with van der Waals surface area (Å²) in [6, 6.07) is 3.52. The van der Waals surface area contributed by atoms with Crippen LogP contribution >= 0.6 is 11.6 Å². The number of aromatic nitrogens is 2. The Morgan fingerprint density at radius 3 is 2.50 bits per heavy atom. The highest BCUT2D eigenvalue weighted by Gasteiger charge is 2.38. The van der Waals surface area contributed by atoms with Gasteiger partial charge >= 0.3 is 0 Å². The highest BCUT2D eigenvalue weighted by atomic mass is 35.5. The van der Waals surface area contributed by atoms with E-state index in [1.807, 2.05) is 39.5 Å². The average Bonchev–Trinajstić information content (AvgIpc) is 3.45. The van der Waals surface area contributed by atoms with Crippen LogP contribution in [0.4, 0.5) is 5.69 Å². The maximum Gasteiger partial charge on any atom is 0.289 e. The van der Waals surface area contributed by atoms with Gasteiger partial charge in [0.05, 0.1) is 16.4 Å². The van der Waals surface area contributed by atoms with Crippen LogP contribution in [0.1, 0.15) is 85.4 Å². The van der Waals surface area contributed by atoms with Crippen molar-refractivity contribution in [2.75, 3.05) is 26.0 Å². The summed E-state index contributed by atoms with van der Waals surface area (Å²) in [5.74, 6) is 0.0869. The minimum Gasteiger partial charge on any atom is -0.450 e. The van der Waals surface area contributed by atoms with Gasteiger partial charge in [0.25, 0.3) is 5.91 Å². The molecule has 0 atom stereocenters. The van der Waals surface area contributed by atoms with Crippen LogP contribution in [0.3, 0.4) is 0 Å². The maximum atomic E-state index is 13.3. The van der Waals surface area contributed by atoms with Crippen molar-refractivity contribution in [1.82, 2.24) is 20.0 Å². The first-order valence-electron chi connectivity index (χ1n) is 13.6. The van der Waals surface area contributed by atoms with E-state index in [9.17, 15) is 9.59 Å². The molecule has 2 aromatic heterocycles. The Morgan fingerprint density at radius 1 is 1.24 bits per heavy atom. The van der Waals surface area contributed by atoms with Crippen LogP contribution in [-0.4, -0.2) is 47.6 Å². The zero-order valence-electron chi connectivity index (χ0n) is 23.8. The third kappa shape index (κ3) is 5.76. The van der Waals surface area contributed by atoms with Crippen molar-refractivity contribution >= 4 is 40.6 Å². The fourth-order valence-corrected chi connectivity index (χ4v) is 5.92. The van der Waals surface area contributed by atoms with Crippen LogP contribution in [-0.2, 0) is 23.8 Å². The number of nitrogens with one attached hydrogen (secondary N) is 2. The number of halogens is 1. The van der Waals surface area contributed by atoms with Gasteiger partial charge in [0, 0.05) is 42.8 Å². The zero-order chi connectivity index (χ0) is 28.0. The fourth-order valence-electron chi connectivity index (χ4n) is 5.65. The Balaban J connectivity index is 0.00000195. The second-order valence-electron chi connectivity index (χ2n) is 9.90. The molecule has 0 spiro atoms. The summed E-state index contributed by atoms with van der Waals surface area (Å²) in [7, 11) is 5.67.